The van der Waals surface area contributed by atoms with Crippen molar-refractivity contribution in [2.45, 2.75) is 39.1 Å². The van der Waals surface area contributed by atoms with E-state index in [1.54, 1.807) is 12.1 Å². The van der Waals surface area contributed by atoms with Gasteiger partial charge in [-0.3, -0.25) is 9.69 Å². The fraction of sp³-hybridized carbons (Fsp3) is 0.231. The summed E-state index contributed by atoms with van der Waals surface area (Å²) in [4.78, 5) is 25.3. The Balaban J connectivity index is 1.94. The van der Waals surface area contributed by atoms with Crippen molar-refractivity contribution in [1.29, 1.82) is 0 Å². The van der Waals surface area contributed by atoms with Gasteiger partial charge < -0.3 is 14.6 Å². The smallest absolute Gasteiger partial charge is 0.474 e. The molecule has 3 rings (SSSR count). The molecule has 0 aliphatic rings. The van der Waals surface area contributed by atoms with Crippen molar-refractivity contribution in [3.05, 3.63) is 82.9 Å². The van der Waals surface area contributed by atoms with Crippen molar-refractivity contribution in [2.24, 2.45) is 0 Å². The van der Waals surface area contributed by atoms with Crippen molar-refractivity contribution < 1.29 is 37.3 Å². The van der Waals surface area contributed by atoms with E-state index < -0.39 is 24.0 Å². The second-order valence-corrected chi connectivity index (χ2v) is 9.31. The van der Waals surface area contributed by atoms with Crippen LogP contribution in [0.15, 0.2) is 66.7 Å². The molecule has 3 aromatic carbocycles. The predicted octanol–water partition coefficient (Wildman–Crippen LogP) is 6.95. The first kappa shape index (κ1) is 26.9. The molecule has 0 bridgehead atoms. The van der Waals surface area contributed by atoms with E-state index in [0.717, 1.165) is 22.6 Å². The van der Waals surface area contributed by atoms with Gasteiger partial charge in [0.2, 0.25) is 0 Å². The zero-order valence-corrected chi connectivity index (χ0v) is 20.4. The van der Waals surface area contributed by atoms with Crippen molar-refractivity contribution in [2.75, 3.05) is 4.90 Å². The summed E-state index contributed by atoms with van der Waals surface area (Å²) in [5.74, 6) is -3.16. The number of hydrogen-bond acceptors (Lipinski definition) is 4. The highest BCUT2D eigenvalue weighted by Gasteiger charge is 2.31. The number of aliphatic carboxylic acids is 1. The number of ether oxygens (including phenoxy) is 2. The van der Waals surface area contributed by atoms with Crippen LogP contribution in [0, 0.1) is 0 Å². The molecule has 36 heavy (non-hydrogen) atoms. The number of halogens is 4. The van der Waals surface area contributed by atoms with Crippen molar-refractivity contribution in [3.8, 4) is 17.2 Å². The largest absolute Gasteiger partial charge is 0.573 e. The van der Waals surface area contributed by atoms with Crippen LogP contribution in [-0.2, 0) is 21.5 Å². The van der Waals surface area contributed by atoms with Crippen LogP contribution in [0.1, 0.15) is 31.9 Å². The van der Waals surface area contributed by atoms with E-state index in [9.17, 15) is 27.9 Å². The van der Waals surface area contributed by atoms with Gasteiger partial charge in [-0.25, -0.2) is 4.79 Å². The van der Waals surface area contributed by atoms with Gasteiger partial charge in [-0.1, -0.05) is 56.6 Å². The number of rotatable bonds is 6. The predicted molar refractivity (Wildman–Crippen MR) is 129 cm³/mol. The van der Waals surface area contributed by atoms with E-state index in [-0.39, 0.29) is 34.2 Å². The zero-order valence-electron chi connectivity index (χ0n) is 19.6. The second-order valence-electron chi connectivity index (χ2n) is 8.88. The summed E-state index contributed by atoms with van der Waals surface area (Å²) in [6.45, 7) is 6.09. The molecule has 10 heteroatoms. The van der Waals surface area contributed by atoms with Crippen LogP contribution in [0.3, 0.4) is 0 Å². The zero-order chi connectivity index (χ0) is 26.7. The number of carboxylic acid groups (broad SMARTS) is 1. The third-order valence-corrected chi connectivity index (χ3v) is 5.32. The van der Waals surface area contributed by atoms with Gasteiger partial charge in [0.15, 0.2) is 5.75 Å². The van der Waals surface area contributed by atoms with E-state index in [2.05, 4.69) is 25.5 Å². The molecule has 0 saturated heterocycles. The number of amides is 1. The molecule has 0 unspecified atom stereocenters. The average molecular weight is 522 g/mol. The molecular weight excluding hydrogens is 499 g/mol. The van der Waals surface area contributed by atoms with Gasteiger partial charge in [0.25, 0.3) is 0 Å². The van der Waals surface area contributed by atoms with Crippen LogP contribution < -0.4 is 14.4 Å². The molecule has 1 amide bonds. The molecular formula is C26H23ClF3NO5. The molecule has 3 aromatic rings. The van der Waals surface area contributed by atoms with E-state index in [1.165, 1.54) is 30.3 Å². The molecule has 0 saturated carbocycles. The van der Waals surface area contributed by atoms with Crippen LogP contribution in [-0.4, -0.2) is 23.3 Å². The second kappa shape index (κ2) is 10.5. The summed E-state index contributed by atoms with van der Waals surface area (Å²) < 4.78 is 46.9. The monoisotopic (exact) mass is 521 g/mol. The molecule has 190 valence electrons. The third kappa shape index (κ3) is 7.14. The number of hydrogen-bond donors (Lipinski definition) is 1. The third-order valence-electron chi connectivity index (χ3n) is 5.09. The Kier molecular flexibility index (Phi) is 7.83. The number of carbonyl (C=O) groups excluding carboxylic acids is 1. The van der Waals surface area contributed by atoms with E-state index in [0.29, 0.717) is 5.56 Å². The highest BCUT2D eigenvalue weighted by atomic mass is 35.5. The molecule has 0 fully saturated rings. The fourth-order valence-corrected chi connectivity index (χ4v) is 3.47. The quantitative estimate of drug-likeness (QED) is 0.355. The van der Waals surface area contributed by atoms with Crippen LogP contribution in [0.4, 0.5) is 18.9 Å². The maximum absolute atomic E-state index is 12.7. The molecule has 0 radical (unpaired) electrons. The summed E-state index contributed by atoms with van der Waals surface area (Å²) in [5.41, 5.74) is 1.76. The van der Waals surface area contributed by atoms with Gasteiger partial charge in [-0.2, -0.15) is 0 Å². The summed E-state index contributed by atoms with van der Waals surface area (Å²) >= 11 is 6.10. The van der Waals surface area contributed by atoms with Crippen molar-refractivity contribution >= 4 is 29.2 Å². The normalized spacial score (nSPS) is 11.6. The van der Waals surface area contributed by atoms with E-state index >= 15 is 0 Å². The number of carbonyl (C=O) groups is 2. The minimum absolute atomic E-state index is 0.0351. The standard InChI is InChI=1S/C26H23ClF3NO5/c1-25(2,3)17-6-4-16(5-7-17)15-31(23(32)24(33)34)21-13-8-18(27)14-22(21)35-19-9-11-20(12-10-19)36-26(28,29)30/h4-14H,15H2,1-3H3,(H,33,34). The number of carboxylic acids is 1. The number of anilines is 1. The summed E-state index contributed by atoms with van der Waals surface area (Å²) in [5, 5.41) is 9.68. The van der Waals surface area contributed by atoms with Crippen LogP contribution in [0.25, 0.3) is 0 Å². The van der Waals surface area contributed by atoms with Gasteiger partial charge >= 0.3 is 18.2 Å². The van der Waals surface area contributed by atoms with E-state index in [4.69, 9.17) is 16.3 Å². The summed E-state index contributed by atoms with van der Waals surface area (Å²) in [6, 6.07) is 16.3. The Morgan fingerprint density at radius 3 is 2.03 bits per heavy atom. The topological polar surface area (TPSA) is 76.1 Å². The lowest BCUT2D eigenvalue weighted by molar-refractivity contribution is -0.274. The first-order valence-electron chi connectivity index (χ1n) is 10.7. The Bertz CT molecular complexity index is 1240. The highest BCUT2D eigenvalue weighted by molar-refractivity contribution is 6.37. The Morgan fingerprint density at radius 1 is 0.917 bits per heavy atom. The molecule has 0 atom stereocenters. The van der Waals surface area contributed by atoms with E-state index in [1.807, 2.05) is 12.1 Å². The summed E-state index contributed by atoms with van der Waals surface area (Å²) in [7, 11) is 0. The maximum Gasteiger partial charge on any atom is 0.573 e. The Morgan fingerprint density at radius 2 is 1.50 bits per heavy atom. The van der Waals surface area contributed by atoms with Gasteiger partial charge in [0, 0.05) is 11.1 Å². The van der Waals surface area contributed by atoms with Crippen LogP contribution in [0.2, 0.25) is 5.02 Å². The first-order chi connectivity index (χ1) is 16.7. The van der Waals surface area contributed by atoms with Gasteiger partial charge in [0.1, 0.15) is 11.5 Å². The molecule has 0 aliphatic heterocycles. The van der Waals surface area contributed by atoms with Gasteiger partial charge in [0.05, 0.1) is 12.2 Å². The molecule has 0 aromatic heterocycles. The maximum atomic E-state index is 12.7. The number of benzene rings is 3. The van der Waals surface area contributed by atoms with Gasteiger partial charge in [-0.05, 0) is 52.9 Å². The number of nitrogens with zero attached hydrogens (tertiary/aromatic N) is 1. The lowest BCUT2D eigenvalue weighted by atomic mass is 9.87. The minimum atomic E-state index is -4.84. The Labute approximate surface area is 210 Å². The minimum Gasteiger partial charge on any atom is -0.474 e. The first-order valence-corrected chi connectivity index (χ1v) is 11.1. The van der Waals surface area contributed by atoms with Gasteiger partial charge in [-0.15, -0.1) is 13.2 Å². The highest BCUT2D eigenvalue weighted by Crippen LogP contribution is 2.37. The van der Waals surface area contributed by atoms with Crippen LogP contribution >= 0.6 is 11.6 Å². The Hall–Kier alpha value is -3.72. The number of alkyl halides is 3. The average Bonchev–Trinajstić information content (AvgIpc) is 2.77. The fourth-order valence-electron chi connectivity index (χ4n) is 3.30. The molecule has 1 N–H and O–H groups in total. The molecule has 0 aliphatic carbocycles. The van der Waals surface area contributed by atoms with Crippen LogP contribution in [0.5, 0.6) is 17.2 Å². The lowest BCUT2D eigenvalue weighted by Crippen LogP contribution is -2.36. The molecule has 6 nitrogen and oxygen atoms in total. The lowest BCUT2D eigenvalue weighted by Gasteiger charge is -2.24. The SMILES string of the molecule is CC(C)(C)c1ccc(CN(C(=O)C(=O)O)c2ccc(Cl)cc2Oc2ccc(OC(F)(F)F)cc2)cc1. The molecule has 0 heterocycles. The van der Waals surface area contributed by atoms with Crippen molar-refractivity contribution in [1.82, 2.24) is 0 Å². The van der Waals surface area contributed by atoms with Crippen molar-refractivity contribution in [3.63, 3.8) is 0 Å². The molecule has 0 spiro atoms. The summed E-state index contributed by atoms with van der Waals surface area (Å²) in [6.07, 6.45) is -4.84.